The number of hydrogen-bond donors (Lipinski definition) is 1. The fourth-order valence-corrected chi connectivity index (χ4v) is 1.10. The van der Waals surface area contributed by atoms with Crippen molar-refractivity contribution in [2.45, 2.75) is 6.42 Å². The average Bonchev–Trinajstić information content (AvgIpc) is 2.29. The predicted octanol–water partition coefficient (Wildman–Crippen LogP) is 1.29. The molecule has 0 aliphatic heterocycles. The highest BCUT2D eigenvalue weighted by Gasteiger charge is 2.09. The van der Waals surface area contributed by atoms with Crippen molar-refractivity contribution in [3.05, 3.63) is 35.4 Å². The maximum atomic E-state index is 10.9. The van der Waals surface area contributed by atoms with E-state index in [1.165, 1.54) is 7.11 Å². The zero-order valence-corrected chi connectivity index (χ0v) is 8.28. The van der Waals surface area contributed by atoms with Crippen molar-refractivity contribution in [1.82, 2.24) is 0 Å². The smallest absolute Gasteiger partial charge is 0.352 e. The molecule has 0 bridgehead atoms. The lowest BCUT2D eigenvalue weighted by atomic mass is 10.1. The van der Waals surface area contributed by atoms with Gasteiger partial charge in [0, 0.05) is 6.42 Å². The summed E-state index contributed by atoms with van der Waals surface area (Å²) in [6, 6.07) is 8.74. The van der Waals surface area contributed by atoms with E-state index < -0.39 is 5.97 Å². The Morgan fingerprint density at radius 3 is 2.53 bits per heavy atom. The fraction of sp³-hybridized carbons (Fsp3) is 0.182. The summed E-state index contributed by atoms with van der Waals surface area (Å²) in [7, 11) is 1.25. The van der Waals surface area contributed by atoms with E-state index in [2.05, 4.69) is 4.74 Å². The van der Waals surface area contributed by atoms with Gasteiger partial charge in [-0.3, -0.25) is 5.41 Å². The zero-order chi connectivity index (χ0) is 11.3. The minimum Gasteiger partial charge on any atom is -0.465 e. The molecule has 0 aliphatic carbocycles. The highest BCUT2D eigenvalue weighted by molar-refractivity contribution is 6.35. The first-order valence-corrected chi connectivity index (χ1v) is 4.32. The molecular weight excluding hydrogens is 192 g/mol. The van der Waals surface area contributed by atoms with Crippen molar-refractivity contribution in [3.63, 3.8) is 0 Å². The number of rotatable bonds is 3. The van der Waals surface area contributed by atoms with Crippen LogP contribution in [0.4, 0.5) is 0 Å². The van der Waals surface area contributed by atoms with E-state index in [-0.39, 0.29) is 12.1 Å². The van der Waals surface area contributed by atoms with Crippen molar-refractivity contribution in [2.24, 2.45) is 0 Å². The van der Waals surface area contributed by atoms with Crippen molar-refractivity contribution in [1.29, 1.82) is 10.7 Å². The second kappa shape index (κ2) is 4.91. The maximum Gasteiger partial charge on any atom is 0.352 e. The van der Waals surface area contributed by atoms with Gasteiger partial charge in [-0.25, -0.2) is 4.79 Å². The quantitative estimate of drug-likeness (QED) is 0.592. The van der Waals surface area contributed by atoms with Crippen LogP contribution in [0.25, 0.3) is 0 Å². The number of carbonyl (C=O) groups is 1. The molecule has 0 fully saturated rings. The number of ether oxygens (including phenoxy) is 1. The molecule has 0 spiro atoms. The summed E-state index contributed by atoms with van der Waals surface area (Å²) in [5, 5.41) is 16.0. The van der Waals surface area contributed by atoms with Crippen LogP contribution in [0.5, 0.6) is 0 Å². The molecule has 0 amide bonds. The third kappa shape index (κ3) is 2.92. The van der Waals surface area contributed by atoms with Gasteiger partial charge in [0.05, 0.1) is 18.7 Å². The second-order valence-corrected chi connectivity index (χ2v) is 2.96. The van der Waals surface area contributed by atoms with Gasteiger partial charge in [0.1, 0.15) is 5.71 Å². The van der Waals surface area contributed by atoms with Crippen LogP contribution in [-0.4, -0.2) is 18.8 Å². The molecule has 0 saturated carbocycles. The molecule has 0 aromatic heterocycles. The molecule has 1 rings (SSSR count). The van der Waals surface area contributed by atoms with Crippen LogP contribution in [0, 0.1) is 16.7 Å². The SMILES string of the molecule is COC(=O)C(=N)Cc1ccc(C#N)cc1. The molecule has 76 valence electrons. The first-order chi connectivity index (χ1) is 7.17. The van der Waals surface area contributed by atoms with Gasteiger partial charge < -0.3 is 4.74 Å². The Labute approximate surface area is 87.6 Å². The lowest BCUT2D eigenvalue weighted by Crippen LogP contribution is -2.16. The fourth-order valence-electron chi connectivity index (χ4n) is 1.10. The summed E-state index contributed by atoms with van der Waals surface area (Å²) in [5.41, 5.74) is 1.27. The number of nitrogens with one attached hydrogen (secondary N) is 1. The minimum atomic E-state index is -0.626. The van der Waals surface area contributed by atoms with Crippen molar-refractivity contribution >= 4 is 11.7 Å². The van der Waals surface area contributed by atoms with Crippen LogP contribution >= 0.6 is 0 Å². The molecule has 0 atom stereocenters. The summed E-state index contributed by atoms with van der Waals surface area (Å²) >= 11 is 0. The Kier molecular flexibility index (Phi) is 3.58. The molecular formula is C11H10N2O2. The summed E-state index contributed by atoms with van der Waals surface area (Å²) in [6.45, 7) is 0. The first-order valence-electron chi connectivity index (χ1n) is 4.32. The number of hydrogen-bond acceptors (Lipinski definition) is 4. The van der Waals surface area contributed by atoms with Crippen LogP contribution in [0.3, 0.4) is 0 Å². The number of methoxy groups -OCH3 is 1. The highest BCUT2D eigenvalue weighted by Crippen LogP contribution is 2.04. The summed E-state index contributed by atoms with van der Waals surface area (Å²) in [5.74, 6) is -0.626. The summed E-state index contributed by atoms with van der Waals surface area (Å²) in [4.78, 5) is 10.9. The Morgan fingerprint density at radius 2 is 2.07 bits per heavy atom. The lowest BCUT2D eigenvalue weighted by Gasteiger charge is -2.01. The van der Waals surface area contributed by atoms with Crippen LogP contribution in [-0.2, 0) is 16.0 Å². The van der Waals surface area contributed by atoms with Gasteiger partial charge in [-0.1, -0.05) is 12.1 Å². The average molecular weight is 202 g/mol. The second-order valence-electron chi connectivity index (χ2n) is 2.96. The monoisotopic (exact) mass is 202 g/mol. The van der Waals surface area contributed by atoms with Gasteiger partial charge in [-0.05, 0) is 17.7 Å². The largest absolute Gasteiger partial charge is 0.465 e. The predicted molar refractivity (Wildman–Crippen MR) is 54.6 cm³/mol. The third-order valence-corrected chi connectivity index (χ3v) is 1.90. The summed E-state index contributed by atoms with van der Waals surface area (Å²) in [6.07, 6.45) is 0.221. The van der Waals surface area contributed by atoms with Gasteiger partial charge in [0.15, 0.2) is 0 Å². The van der Waals surface area contributed by atoms with E-state index in [0.717, 1.165) is 5.56 Å². The Balaban J connectivity index is 2.70. The van der Waals surface area contributed by atoms with E-state index in [4.69, 9.17) is 10.7 Å². The van der Waals surface area contributed by atoms with Gasteiger partial charge in [0.25, 0.3) is 0 Å². The normalized spacial score (nSPS) is 9.07. The Hall–Kier alpha value is -2.15. The van der Waals surface area contributed by atoms with Gasteiger partial charge in [-0.15, -0.1) is 0 Å². The van der Waals surface area contributed by atoms with E-state index in [1.54, 1.807) is 24.3 Å². The van der Waals surface area contributed by atoms with Crippen LogP contribution in [0.2, 0.25) is 0 Å². The molecule has 0 heterocycles. The van der Waals surface area contributed by atoms with Crippen LogP contribution in [0.1, 0.15) is 11.1 Å². The highest BCUT2D eigenvalue weighted by atomic mass is 16.5. The van der Waals surface area contributed by atoms with E-state index in [1.807, 2.05) is 6.07 Å². The number of benzene rings is 1. The van der Waals surface area contributed by atoms with E-state index in [9.17, 15) is 4.79 Å². The number of nitrogens with zero attached hydrogens (tertiary/aromatic N) is 1. The maximum absolute atomic E-state index is 10.9. The first kappa shape index (κ1) is 10.9. The molecule has 0 unspecified atom stereocenters. The molecule has 0 radical (unpaired) electrons. The number of esters is 1. The molecule has 15 heavy (non-hydrogen) atoms. The van der Waals surface area contributed by atoms with E-state index >= 15 is 0 Å². The molecule has 1 aromatic rings. The Morgan fingerprint density at radius 1 is 1.47 bits per heavy atom. The van der Waals surface area contributed by atoms with Crippen molar-refractivity contribution < 1.29 is 9.53 Å². The number of carbonyl (C=O) groups excluding carboxylic acids is 1. The molecule has 4 heteroatoms. The minimum absolute atomic E-state index is 0.0952. The van der Waals surface area contributed by atoms with Crippen LogP contribution in [0.15, 0.2) is 24.3 Å². The van der Waals surface area contributed by atoms with Gasteiger partial charge in [-0.2, -0.15) is 5.26 Å². The molecule has 4 nitrogen and oxygen atoms in total. The molecule has 0 saturated heterocycles. The van der Waals surface area contributed by atoms with Gasteiger partial charge >= 0.3 is 5.97 Å². The van der Waals surface area contributed by atoms with Gasteiger partial charge in [0.2, 0.25) is 0 Å². The topological polar surface area (TPSA) is 73.9 Å². The molecule has 1 aromatic carbocycles. The Bertz CT molecular complexity index is 415. The number of nitriles is 1. The van der Waals surface area contributed by atoms with Crippen molar-refractivity contribution in [2.75, 3.05) is 7.11 Å². The van der Waals surface area contributed by atoms with Crippen molar-refractivity contribution in [3.8, 4) is 6.07 Å². The van der Waals surface area contributed by atoms with E-state index in [0.29, 0.717) is 5.56 Å². The lowest BCUT2D eigenvalue weighted by molar-refractivity contribution is -0.132. The van der Waals surface area contributed by atoms with Crippen LogP contribution < -0.4 is 0 Å². The molecule has 1 N–H and O–H groups in total. The standard InChI is InChI=1S/C11H10N2O2/c1-15-11(14)10(13)6-8-2-4-9(7-12)5-3-8/h2-5,13H,6H2,1H3. The third-order valence-electron chi connectivity index (χ3n) is 1.90. The summed E-state index contributed by atoms with van der Waals surface area (Å²) < 4.78 is 4.41. The zero-order valence-electron chi connectivity index (χ0n) is 8.28. The molecule has 0 aliphatic rings.